The minimum Gasteiger partial charge on any atom is -0.350 e. The lowest BCUT2D eigenvalue weighted by Gasteiger charge is -2.11. The zero-order valence-electron chi connectivity index (χ0n) is 12.4. The first kappa shape index (κ1) is 13.9. The van der Waals surface area contributed by atoms with Gasteiger partial charge in [-0.1, -0.05) is 36.0 Å². The number of rotatable bonds is 4. The van der Waals surface area contributed by atoms with Gasteiger partial charge in [-0.05, 0) is 29.9 Å². The summed E-state index contributed by atoms with van der Waals surface area (Å²) in [6, 6.07) is 8.49. The van der Waals surface area contributed by atoms with Crippen molar-refractivity contribution in [3.63, 3.8) is 0 Å². The van der Waals surface area contributed by atoms with Crippen LogP contribution in [-0.2, 0) is 24.3 Å². The molecule has 1 aliphatic carbocycles. The van der Waals surface area contributed by atoms with Gasteiger partial charge in [0.25, 0.3) is 0 Å². The predicted octanol–water partition coefficient (Wildman–Crippen LogP) is 2.73. The van der Waals surface area contributed by atoms with Crippen LogP contribution in [0.4, 0.5) is 0 Å². The zero-order valence-corrected chi connectivity index (χ0v) is 13.2. The standard InChI is InChI=1S/C17H19N3OS/c21-16(9-13-6-5-12-3-1-2-4-15(12)13)18-10-14-11-20-7-8-22-17(20)19-14/h1-4,11,13H,5-10H2,(H,18,21). The molecule has 0 saturated carbocycles. The van der Waals surface area contributed by atoms with Gasteiger partial charge in [-0.25, -0.2) is 4.98 Å². The quantitative estimate of drug-likeness (QED) is 0.944. The molecule has 0 spiro atoms. The second kappa shape index (κ2) is 5.80. The first-order chi connectivity index (χ1) is 10.8. The molecule has 0 saturated heterocycles. The van der Waals surface area contributed by atoms with Crippen molar-refractivity contribution in [3.05, 3.63) is 47.3 Å². The van der Waals surface area contributed by atoms with Crippen LogP contribution in [0, 0.1) is 0 Å². The number of nitrogens with zero attached hydrogens (tertiary/aromatic N) is 2. The number of carbonyl (C=O) groups excluding carboxylic acids is 1. The van der Waals surface area contributed by atoms with Gasteiger partial charge >= 0.3 is 0 Å². The van der Waals surface area contributed by atoms with Gasteiger partial charge in [0, 0.05) is 24.9 Å². The average molecular weight is 313 g/mol. The molecule has 1 aromatic carbocycles. The van der Waals surface area contributed by atoms with Gasteiger partial charge in [0.05, 0.1) is 12.2 Å². The van der Waals surface area contributed by atoms with Crippen molar-refractivity contribution in [2.75, 3.05) is 5.75 Å². The maximum Gasteiger partial charge on any atom is 0.220 e. The van der Waals surface area contributed by atoms with Gasteiger partial charge in [0.1, 0.15) is 0 Å². The van der Waals surface area contributed by atoms with Crippen LogP contribution in [0.3, 0.4) is 0 Å². The van der Waals surface area contributed by atoms with Crippen LogP contribution in [0.2, 0.25) is 0 Å². The summed E-state index contributed by atoms with van der Waals surface area (Å²) in [5.41, 5.74) is 3.72. The molecule has 2 aliphatic rings. The number of carbonyl (C=O) groups is 1. The molecule has 114 valence electrons. The fourth-order valence-corrected chi connectivity index (χ4v) is 4.35. The molecule has 1 atom stereocenters. The highest BCUT2D eigenvalue weighted by atomic mass is 32.2. The van der Waals surface area contributed by atoms with E-state index in [2.05, 4.69) is 45.3 Å². The fraction of sp³-hybridized carbons (Fsp3) is 0.412. The van der Waals surface area contributed by atoms with E-state index < -0.39 is 0 Å². The molecular formula is C17H19N3OS. The third-order valence-corrected chi connectivity index (χ3v) is 5.48. The summed E-state index contributed by atoms with van der Waals surface area (Å²) >= 11 is 1.78. The largest absolute Gasteiger partial charge is 0.350 e. The highest BCUT2D eigenvalue weighted by Gasteiger charge is 2.24. The summed E-state index contributed by atoms with van der Waals surface area (Å²) < 4.78 is 2.17. The van der Waals surface area contributed by atoms with Crippen LogP contribution < -0.4 is 5.32 Å². The van der Waals surface area contributed by atoms with E-state index >= 15 is 0 Å². The van der Waals surface area contributed by atoms with E-state index in [0.29, 0.717) is 18.9 Å². The normalized spacial score (nSPS) is 19.0. The molecule has 1 unspecified atom stereocenters. The molecule has 4 rings (SSSR count). The molecule has 2 aromatic rings. The predicted molar refractivity (Wildman–Crippen MR) is 86.9 cm³/mol. The van der Waals surface area contributed by atoms with Crippen molar-refractivity contribution in [2.45, 2.75) is 43.4 Å². The summed E-state index contributed by atoms with van der Waals surface area (Å²) in [5.74, 6) is 1.61. The van der Waals surface area contributed by atoms with Gasteiger partial charge in [-0.2, -0.15) is 0 Å². The van der Waals surface area contributed by atoms with Crippen molar-refractivity contribution >= 4 is 17.7 Å². The van der Waals surface area contributed by atoms with Gasteiger partial charge in [-0.15, -0.1) is 0 Å². The third-order valence-electron chi connectivity index (χ3n) is 4.51. The minimum absolute atomic E-state index is 0.127. The maximum atomic E-state index is 12.2. The van der Waals surface area contributed by atoms with Gasteiger partial charge in [0.2, 0.25) is 5.91 Å². The molecule has 0 fully saturated rings. The second-order valence-corrected chi connectivity index (χ2v) is 7.03. The summed E-state index contributed by atoms with van der Waals surface area (Å²) in [7, 11) is 0. The molecule has 1 N–H and O–H groups in total. The SMILES string of the molecule is O=C(CC1CCc2ccccc21)NCc1cn2c(n1)SCC2. The van der Waals surface area contributed by atoms with E-state index in [-0.39, 0.29) is 5.91 Å². The number of amides is 1. The van der Waals surface area contributed by atoms with Crippen LogP contribution in [0.5, 0.6) is 0 Å². The number of fused-ring (bicyclic) bond motifs is 2. The van der Waals surface area contributed by atoms with E-state index in [0.717, 1.165) is 36.0 Å². The highest BCUT2D eigenvalue weighted by Crippen LogP contribution is 2.35. The van der Waals surface area contributed by atoms with Crippen molar-refractivity contribution < 1.29 is 4.79 Å². The molecular weight excluding hydrogens is 294 g/mol. The van der Waals surface area contributed by atoms with Crippen LogP contribution in [0.15, 0.2) is 35.6 Å². The molecule has 22 heavy (non-hydrogen) atoms. The first-order valence-corrected chi connectivity index (χ1v) is 8.81. The Morgan fingerprint density at radius 2 is 2.32 bits per heavy atom. The summed E-state index contributed by atoms with van der Waals surface area (Å²) in [6.45, 7) is 1.56. The number of hydrogen-bond donors (Lipinski definition) is 1. The summed E-state index contributed by atoms with van der Waals surface area (Å²) in [4.78, 5) is 16.7. The molecule has 5 heteroatoms. The zero-order chi connectivity index (χ0) is 14.9. The van der Waals surface area contributed by atoms with E-state index in [1.165, 1.54) is 11.1 Å². The number of nitrogens with one attached hydrogen (secondary N) is 1. The average Bonchev–Trinajstić information content (AvgIpc) is 3.20. The number of aromatic nitrogens is 2. The Labute approximate surface area is 134 Å². The number of imidazole rings is 1. The Bertz CT molecular complexity index is 688. The maximum absolute atomic E-state index is 12.2. The Kier molecular flexibility index (Phi) is 3.66. The first-order valence-electron chi connectivity index (χ1n) is 7.83. The molecule has 1 aliphatic heterocycles. The van der Waals surface area contributed by atoms with E-state index in [1.807, 2.05) is 0 Å². The molecule has 2 heterocycles. The molecule has 1 aromatic heterocycles. The number of aryl methyl sites for hydroxylation is 2. The number of hydrogen-bond acceptors (Lipinski definition) is 3. The smallest absolute Gasteiger partial charge is 0.220 e. The Hall–Kier alpha value is -1.75. The fourth-order valence-electron chi connectivity index (χ4n) is 3.39. The van der Waals surface area contributed by atoms with Crippen LogP contribution in [0.25, 0.3) is 0 Å². The molecule has 4 nitrogen and oxygen atoms in total. The highest BCUT2D eigenvalue weighted by molar-refractivity contribution is 7.99. The Balaban J connectivity index is 1.33. The van der Waals surface area contributed by atoms with Crippen molar-refractivity contribution in [2.24, 2.45) is 0 Å². The Morgan fingerprint density at radius 3 is 3.23 bits per heavy atom. The molecule has 1 amide bonds. The summed E-state index contributed by atoms with van der Waals surface area (Å²) in [5, 5.41) is 4.10. The van der Waals surface area contributed by atoms with E-state index in [9.17, 15) is 4.79 Å². The third kappa shape index (κ3) is 2.65. The van der Waals surface area contributed by atoms with E-state index in [4.69, 9.17) is 0 Å². The number of thioether (sulfide) groups is 1. The lowest BCUT2D eigenvalue weighted by atomic mass is 9.97. The molecule has 0 bridgehead atoms. The van der Waals surface area contributed by atoms with Crippen molar-refractivity contribution in [1.82, 2.24) is 14.9 Å². The van der Waals surface area contributed by atoms with Gasteiger partial charge in [0.15, 0.2) is 5.16 Å². The second-order valence-electron chi connectivity index (χ2n) is 5.97. The van der Waals surface area contributed by atoms with E-state index in [1.54, 1.807) is 11.8 Å². The van der Waals surface area contributed by atoms with Gasteiger partial charge < -0.3 is 9.88 Å². The van der Waals surface area contributed by atoms with Crippen LogP contribution >= 0.6 is 11.8 Å². The van der Waals surface area contributed by atoms with Crippen LogP contribution in [0.1, 0.15) is 35.6 Å². The van der Waals surface area contributed by atoms with Gasteiger partial charge in [-0.3, -0.25) is 4.79 Å². The minimum atomic E-state index is 0.127. The number of benzene rings is 1. The topological polar surface area (TPSA) is 46.9 Å². The lowest BCUT2D eigenvalue weighted by molar-refractivity contribution is -0.121. The van der Waals surface area contributed by atoms with Crippen molar-refractivity contribution in [1.29, 1.82) is 0 Å². The van der Waals surface area contributed by atoms with Crippen LogP contribution in [-0.4, -0.2) is 21.2 Å². The lowest BCUT2D eigenvalue weighted by Crippen LogP contribution is -2.24. The molecule has 0 radical (unpaired) electrons. The van der Waals surface area contributed by atoms with Crippen molar-refractivity contribution in [3.8, 4) is 0 Å². The Morgan fingerprint density at radius 1 is 1.41 bits per heavy atom. The monoisotopic (exact) mass is 313 g/mol. The summed E-state index contributed by atoms with van der Waals surface area (Å²) in [6.07, 6.45) is 4.82.